The first kappa shape index (κ1) is 14.6. The molecular weight excluding hydrogens is 200 g/mol. The molecule has 0 atom stereocenters. The smallest absolute Gasteiger partial charge is 0.00741 e. The minimum absolute atomic E-state index is 0.156. The fourth-order valence-electron chi connectivity index (χ4n) is 1.36. The van der Waals surface area contributed by atoms with Crippen molar-refractivity contribution in [3.05, 3.63) is 34.8 Å². The van der Waals surface area contributed by atoms with Gasteiger partial charge in [-0.1, -0.05) is 52.0 Å². The molecule has 0 saturated heterocycles. The third-order valence-electron chi connectivity index (χ3n) is 3.07. The van der Waals surface area contributed by atoms with Gasteiger partial charge in [-0.25, -0.2) is 0 Å². The molecule has 0 saturated carbocycles. The van der Waals surface area contributed by atoms with Gasteiger partial charge in [0.15, 0.2) is 0 Å². The highest BCUT2D eigenvalue weighted by Gasteiger charge is 2.26. The molecular formula is C14H24S. The van der Waals surface area contributed by atoms with Crippen LogP contribution in [0.15, 0.2) is 34.8 Å². The maximum atomic E-state index is 4.57. The summed E-state index contributed by atoms with van der Waals surface area (Å²) in [5.41, 5.74) is 1.46. The van der Waals surface area contributed by atoms with Gasteiger partial charge in [0, 0.05) is 4.91 Å². The van der Waals surface area contributed by atoms with Crippen LogP contribution in [0.25, 0.3) is 0 Å². The van der Waals surface area contributed by atoms with Crippen molar-refractivity contribution in [1.82, 2.24) is 0 Å². The molecule has 0 heterocycles. The highest BCUT2D eigenvalue weighted by Crippen LogP contribution is 2.38. The molecule has 0 spiro atoms. The first-order chi connectivity index (χ1) is 6.87. The molecule has 0 bridgehead atoms. The standard InChI is InChI=1S/C14H24S/c1-7-9-12(13(15)10-8-2)14(5,6)11(3)4/h7-11,15H,1-6H3/b9-7-,10-8-,13-12-. The van der Waals surface area contributed by atoms with E-state index in [1.165, 1.54) is 5.57 Å². The average molecular weight is 224 g/mol. The maximum absolute atomic E-state index is 4.57. The molecule has 15 heavy (non-hydrogen) atoms. The summed E-state index contributed by atoms with van der Waals surface area (Å²) in [5.74, 6) is 0.594. The molecule has 0 aliphatic rings. The van der Waals surface area contributed by atoms with Gasteiger partial charge >= 0.3 is 0 Å². The summed E-state index contributed by atoms with van der Waals surface area (Å²) in [6, 6.07) is 0. The zero-order chi connectivity index (χ0) is 12.1. The molecule has 1 heteroatoms. The summed E-state index contributed by atoms with van der Waals surface area (Å²) in [6.45, 7) is 13.1. The summed E-state index contributed by atoms with van der Waals surface area (Å²) < 4.78 is 0. The second-order valence-electron chi connectivity index (χ2n) is 4.68. The Balaban J connectivity index is 5.41. The molecule has 86 valence electrons. The zero-order valence-electron chi connectivity index (χ0n) is 10.8. The third-order valence-corrected chi connectivity index (χ3v) is 3.46. The van der Waals surface area contributed by atoms with Crippen LogP contribution in [0.1, 0.15) is 41.5 Å². The van der Waals surface area contributed by atoms with Gasteiger partial charge in [0.25, 0.3) is 0 Å². The van der Waals surface area contributed by atoms with E-state index in [4.69, 9.17) is 0 Å². The molecule has 0 amide bonds. The van der Waals surface area contributed by atoms with E-state index < -0.39 is 0 Å². The Morgan fingerprint density at radius 2 is 1.53 bits per heavy atom. The van der Waals surface area contributed by atoms with Gasteiger partial charge in [-0.2, -0.15) is 0 Å². The van der Waals surface area contributed by atoms with Gasteiger partial charge in [0.1, 0.15) is 0 Å². The summed E-state index contributed by atoms with van der Waals surface area (Å²) in [7, 11) is 0. The lowest BCUT2D eigenvalue weighted by Crippen LogP contribution is -2.21. The lowest BCUT2D eigenvalue weighted by Gasteiger charge is -2.32. The number of thiol groups is 1. The predicted molar refractivity (Wildman–Crippen MR) is 74.3 cm³/mol. The van der Waals surface area contributed by atoms with E-state index >= 15 is 0 Å². The van der Waals surface area contributed by atoms with Crippen LogP contribution in [-0.4, -0.2) is 0 Å². The lowest BCUT2D eigenvalue weighted by atomic mass is 9.74. The molecule has 0 aromatic rings. The number of allylic oxidation sites excluding steroid dienone is 5. The molecule has 0 aliphatic carbocycles. The van der Waals surface area contributed by atoms with Gasteiger partial charge in [-0.15, -0.1) is 12.6 Å². The van der Waals surface area contributed by atoms with Crippen LogP contribution in [0.5, 0.6) is 0 Å². The minimum atomic E-state index is 0.156. The molecule has 0 aliphatic heterocycles. The number of rotatable bonds is 4. The van der Waals surface area contributed by atoms with Crippen molar-refractivity contribution in [2.45, 2.75) is 41.5 Å². The molecule has 0 rings (SSSR count). The first-order valence-electron chi connectivity index (χ1n) is 5.57. The second-order valence-corrected chi connectivity index (χ2v) is 5.16. The van der Waals surface area contributed by atoms with Crippen LogP contribution in [0, 0.1) is 11.3 Å². The Morgan fingerprint density at radius 3 is 1.87 bits per heavy atom. The van der Waals surface area contributed by atoms with Gasteiger partial charge < -0.3 is 0 Å². The monoisotopic (exact) mass is 224 g/mol. The van der Waals surface area contributed by atoms with E-state index in [9.17, 15) is 0 Å². The highest BCUT2D eigenvalue weighted by molar-refractivity contribution is 7.84. The Morgan fingerprint density at radius 1 is 1.07 bits per heavy atom. The Labute approximate surface area is 101 Å². The Hall–Kier alpha value is -0.430. The van der Waals surface area contributed by atoms with Crippen molar-refractivity contribution in [3.8, 4) is 0 Å². The average Bonchev–Trinajstić information content (AvgIpc) is 2.13. The molecule has 0 nitrogen and oxygen atoms in total. The van der Waals surface area contributed by atoms with E-state index in [1.807, 2.05) is 19.9 Å². The topological polar surface area (TPSA) is 0 Å². The van der Waals surface area contributed by atoms with Crippen LogP contribution < -0.4 is 0 Å². The lowest BCUT2D eigenvalue weighted by molar-refractivity contribution is 0.316. The molecule has 0 fully saturated rings. The summed E-state index contributed by atoms with van der Waals surface area (Å²) in [6.07, 6.45) is 8.34. The molecule has 0 aromatic heterocycles. The summed E-state index contributed by atoms with van der Waals surface area (Å²) in [5, 5.41) is 0. The zero-order valence-corrected chi connectivity index (χ0v) is 11.7. The SMILES string of the molecule is C\C=C/C(S)=C(\C=C/C)C(C)(C)C(C)C. The van der Waals surface area contributed by atoms with E-state index in [0.717, 1.165) is 4.91 Å². The van der Waals surface area contributed by atoms with Crippen molar-refractivity contribution in [2.24, 2.45) is 11.3 Å². The van der Waals surface area contributed by atoms with E-state index in [1.54, 1.807) is 0 Å². The first-order valence-corrected chi connectivity index (χ1v) is 6.01. The Kier molecular flexibility index (Phi) is 6.04. The largest absolute Gasteiger partial charge is 0.143 e. The predicted octanol–water partition coefficient (Wildman–Crippen LogP) is 5.00. The normalized spacial score (nSPS) is 15.5. The minimum Gasteiger partial charge on any atom is -0.143 e. The van der Waals surface area contributed by atoms with Crippen molar-refractivity contribution < 1.29 is 0 Å². The summed E-state index contributed by atoms with van der Waals surface area (Å²) >= 11 is 4.57. The Bertz CT molecular complexity index is 278. The fourth-order valence-corrected chi connectivity index (χ4v) is 1.87. The van der Waals surface area contributed by atoms with Crippen molar-refractivity contribution >= 4 is 12.6 Å². The third kappa shape index (κ3) is 3.90. The van der Waals surface area contributed by atoms with Crippen LogP contribution in [0.3, 0.4) is 0 Å². The van der Waals surface area contributed by atoms with Crippen LogP contribution in [0.4, 0.5) is 0 Å². The summed E-state index contributed by atoms with van der Waals surface area (Å²) in [4.78, 5) is 1.06. The van der Waals surface area contributed by atoms with Crippen LogP contribution in [-0.2, 0) is 0 Å². The number of hydrogen-bond acceptors (Lipinski definition) is 1. The van der Waals surface area contributed by atoms with Crippen LogP contribution in [0.2, 0.25) is 0 Å². The van der Waals surface area contributed by atoms with Gasteiger partial charge in [0.05, 0.1) is 0 Å². The quantitative estimate of drug-likeness (QED) is 0.504. The molecule has 0 aromatic carbocycles. The van der Waals surface area contributed by atoms with E-state index in [0.29, 0.717) is 5.92 Å². The van der Waals surface area contributed by atoms with Gasteiger partial charge in [-0.05, 0) is 30.8 Å². The van der Waals surface area contributed by atoms with Crippen molar-refractivity contribution in [3.63, 3.8) is 0 Å². The maximum Gasteiger partial charge on any atom is 0.00741 e. The van der Waals surface area contributed by atoms with E-state index in [-0.39, 0.29) is 5.41 Å². The van der Waals surface area contributed by atoms with E-state index in [2.05, 4.69) is 58.6 Å². The fraction of sp³-hybridized carbons (Fsp3) is 0.571. The molecule has 0 radical (unpaired) electrons. The van der Waals surface area contributed by atoms with Gasteiger partial charge in [-0.3, -0.25) is 0 Å². The highest BCUT2D eigenvalue weighted by atomic mass is 32.1. The van der Waals surface area contributed by atoms with Crippen LogP contribution >= 0.6 is 12.6 Å². The number of hydrogen-bond donors (Lipinski definition) is 1. The van der Waals surface area contributed by atoms with Crippen molar-refractivity contribution in [2.75, 3.05) is 0 Å². The second kappa shape index (κ2) is 6.22. The van der Waals surface area contributed by atoms with Gasteiger partial charge in [0.2, 0.25) is 0 Å². The van der Waals surface area contributed by atoms with Crippen molar-refractivity contribution in [1.29, 1.82) is 0 Å². The molecule has 0 unspecified atom stereocenters. The molecule has 0 N–H and O–H groups in total.